The summed E-state index contributed by atoms with van der Waals surface area (Å²) >= 11 is 6.07. The number of hydrogen-bond donors (Lipinski definition) is 3. The molecule has 0 atom stereocenters. The van der Waals surface area contributed by atoms with Gasteiger partial charge in [-0.3, -0.25) is 0 Å². The molecule has 0 saturated heterocycles. The van der Waals surface area contributed by atoms with E-state index in [1.165, 1.54) is 6.07 Å². The van der Waals surface area contributed by atoms with Gasteiger partial charge in [-0.1, -0.05) is 25.4 Å². The smallest absolute Gasteiger partial charge is 0.337 e. The zero-order chi connectivity index (χ0) is 15.1. The van der Waals surface area contributed by atoms with Gasteiger partial charge in [-0.15, -0.1) is 0 Å². The number of nitrogens with one attached hydrogen (secondary N) is 1. The van der Waals surface area contributed by atoms with Crippen LogP contribution in [0.1, 0.15) is 30.6 Å². The molecule has 0 fully saturated rings. The first-order chi connectivity index (χ1) is 9.49. The molecule has 0 aliphatic heterocycles. The quantitative estimate of drug-likeness (QED) is 0.643. The van der Waals surface area contributed by atoms with Crippen molar-refractivity contribution < 1.29 is 9.90 Å². The molecule has 20 heavy (non-hydrogen) atoms. The number of carboxylic acids is 1. The lowest BCUT2D eigenvalue weighted by atomic mass is 10.1. The Kier molecular flexibility index (Phi) is 6.61. The molecule has 0 aliphatic carbocycles. The van der Waals surface area contributed by atoms with Gasteiger partial charge in [0.25, 0.3) is 0 Å². The van der Waals surface area contributed by atoms with Gasteiger partial charge in [0.15, 0.2) is 0 Å². The summed E-state index contributed by atoms with van der Waals surface area (Å²) in [5, 5.41) is 12.6. The maximum Gasteiger partial charge on any atom is 0.337 e. The number of carboxylic acid groups (broad SMARTS) is 1. The summed E-state index contributed by atoms with van der Waals surface area (Å²) < 4.78 is 0. The molecular formula is C14H22ClN3O2. The Bertz CT molecular complexity index is 466. The molecule has 0 aliphatic rings. The van der Waals surface area contributed by atoms with Gasteiger partial charge in [0, 0.05) is 18.8 Å². The summed E-state index contributed by atoms with van der Waals surface area (Å²) in [6.45, 7) is 7.71. The van der Waals surface area contributed by atoms with Crippen LogP contribution in [-0.4, -0.2) is 42.2 Å². The fourth-order valence-electron chi connectivity index (χ4n) is 2.06. The molecule has 0 saturated carbocycles. The Hall–Kier alpha value is -1.46. The zero-order valence-corrected chi connectivity index (χ0v) is 12.7. The fourth-order valence-corrected chi connectivity index (χ4v) is 2.35. The van der Waals surface area contributed by atoms with Gasteiger partial charge in [-0.25, -0.2) is 4.79 Å². The van der Waals surface area contributed by atoms with Crippen LogP contribution in [0.4, 0.5) is 11.4 Å². The van der Waals surface area contributed by atoms with Crippen LogP contribution in [0.3, 0.4) is 0 Å². The van der Waals surface area contributed by atoms with E-state index in [9.17, 15) is 9.90 Å². The number of halogens is 1. The third-order valence-corrected chi connectivity index (χ3v) is 3.36. The maximum atomic E-state index is 11.2. The van der Waals surface area contributed by atoms with Crippen molar-refractivity contribution in [2.45, 2.75) is 20.3 Å². The Morgan fingerprint density at radius 1 is 1.40 bits per heavy atom. The average Bonchev–Trinajstić information content (AvgIpc) is 2.39. The molecule has 1 aromatic rings. The van der Waals surface area contributed by atoms with Crippen LogP contribution in [0.15, 0.2) is 12.1 Å². The molecule has 0 spiro atoms. The van der Waals surface area contributed by atoms with E-state index in [1.807, 2.05) is 0 Å². The number of likely N-dealkylation sites (N-methyl/N-ethyl adjacent to an activating group) is 1. The minimum Gasteiger partial charge on any atom is -0.478 e. The highest BCUT2D eigenvalue weighted by molar-refractivity contribution is 6.34. The lowest BCUT2D eigenvalue weighted by molar-refractivity contribution is 0.0698. The van der Waals surface area contributed by atoms with Crippen LogP contribution < -0.4 is 11.1 Å². The Morgan fingerprint density at radius 2 is 2.10 bits per heavy atom. The third kappa shape index (κ3) is 4.58. The molecule has 112 valence electrons. The van der Waals surface area contributed by atoms with E-state index in [0.29, 0.717) is 22.9 Å². The number of benzene rings is 1. The maximum absolute atomic E-state index is 11.2. The monoisotopic (exact) mass is 299 g/mol. The molecule has 4 N–H and O–H groups in total. The van der Waals surface area contributed by atoms with Crippen molar-refractivity contribution in [2.24, 2.45) is 0 Å². The van der Waals surface area contributed by atoms with Crippen molar-refractivity contribution in [1.82, 2.24) is 4.90 Å². The molecule has 0 bridgehead atoms. The SMILES string of the molecule is CCCN(CC)CCNc1c(Cl)cc(N)cc1C(=O)O. The number of hydrogen-bond acceptors (Lipinski definition) is 4. The van der Waals surface area contributed by atoms with Gasteiger partial charge < -0.3 is 21.1 Å². The first-order valence-corrected chi connectivity index (χ1v) is 7.15. The lowest BCUT2D eigenvalue weighted by Crippen LogP contribution is -2.30. The van der Waals surface area contributed by atoms with E-state index in [0.717, 1.165) is 26.1 Å². The number of nitrogens with zero attached hydrogens (tertiary/aromatic N) is 1. The number of anilines is 2. The van der Waals surface area contributed by atoms with E-state index in [-0.39, 0.29) is 5.56 Å². The van der Waals surface area contributed by atoms with E-state index in [4.69, 9.17) is 17.3 Å². The Morgan fingerprint density at radius 3 is 2.65 bits per heavy atom. The summed E-state index contributed by atoms with van der Waals surface area (Å²) in [7, 11) is 0. The van der Waals surface area contributed by atoms with E-state index in [2.05, 4.69) is 24.1 Å². The van der Waals surface area contributed by atoms with Crippen molar-refractivity contribution in [2.75, 3.05) is 37.2 Å². The third-order valence-electron chi connectivity index (χ3n) is 3.06. The molecule has 1 rings (SSSR count). The van der Waals surface area contributed by atoms with Gasteiger partial charge >= 0.3 is 5.97 Å². The number of carbonyl (C=O) groups is 1. The second-order valence-electron chi connectivity index (χ2n) is 4.59. The predicted molar refractivity (Wildman–Crippen MR) is 83.7 cm³/mol. The van der Waals surface area contributed by atoms with Gasteiger partial charge in [0.05, 0.1) is 16.3 Å². The molecular weight excluding hydrogens is 278 g/mol. The van der Waals surface area contributed by atoms with Crippen LogP contribution in [0.5, 0.6) is 0 Å². The summed E-state index contributed by atoms with van der Waals surface area (Å²) in [5.74, 6) is -1.04. The minimum atomic E-state index is -1.04. The normalized spacial score (nSPS) is 10.8. The number of rotatable bonds is 8. The molecule has 1 aromatic carbocycles. The van der Waals surface area contributed by atoms with Crippen LogP contribution in [0, 0.1) is 0 Å². The van der Waals surface area contributed by atoms with Crippen molar-refractivity contribution in [3.63, 3.8) is 0 Å². The summed E-state index contributed by atoms with van der Waals surface area (Å²) in [5.41, 5.74) is 6.50. The minimum absolute atomic E-state index is 0.105. The molecule has 0 amide bonds. The number of nitrogen functional groups attached to an aromatic ring is 1. The highest BCUT2D eigenvalue weighted by Gasteiger charge is 2.14. The number of aromatic carboxylic acids is 1. The summed E-state index contributed by atoms with van der Waals surface area (Å²) in [4.78, 5) is 13.5. The van der Waals surface area contributed by atoms with E-state index >= 15 is 0 Å². The zero-order valence-electron chi connectivity index (χ0n) is 11.9. The standard InChI is InChI=1S/C14H22ClN3O2/c1-3-6-18(4-2)7-5-17-13-11(14(19)20)8-10(16)9-12(13)15/h8-9,17H,3-7,16H2,1-2H3,(H,19,20). The second-order valence-corrected chi connectivity index (χ2v) is 5.00. The van der Waals surface area contributed by atoms with Crippen LogP contribution in [0.25, 0.3) is 0 Å². The van der Waals surface area contributed by atoms with E-state index < -0.39 is 5.97 Å². The van der Waals surface area contributed by atoms with Crippen LogP contribution in [0.2, 0.25) is 5.02 Å². The molecule has 0 unspecified atom stereocenters. The van der Waals surface area contributed by atoms with Crippen LogP contribution in [-0.2, 0) is 0 Å². The van der Waals surface area contributed by atoms with Crippen molar-refractivity contribution in [1.29, 1.82) is 0 Å². The van der Waals surface area contributed by atoms with E-state index in [1.54, 1.807) is 6.07 Å². The van der Waals surface area contributed by atoms with Crippen molar-refractivity contribution in [3.05, 3.63) is 22.7 Å². The predicted octanol–water partition coefficient (Wildman–Crippen LogP) is 2.76. The van der Waals surface area contributed by atoms with Crippen molar-refractivity contribution in [3.8, 4) is 0 Å². The average molecular weight is 300 g/mol. The summed E-state index contributed by atoms with van der Waals surface area (Å²) in [6, 6.07) is 2.97. The largest absolute Gasteiger partial charge is 0.478 e. The molecule has 5 nitrogen and oxygen atoms in total. The van der Waals surface area contributed by atoms with Crippen LogP contribution >= 0.6 is 11.6 Å². The fraction of sp³-hybridized carbons (Fsp3) is 0.500. The molecule has 0 heterocycles. The van der Waals surface area contributed by atoms with Gasteiger partial charge in [-0.2, -0.15) is 0 Å². The summed E-state index contributed by atoms with van der Waals surface area (Å²) in [6.07, 6.45) is 1.09. The first kappa shape index (κ1) is 16.6. The van der Waals surface area contributed by atoms with Crippen molar-refractivity contribution >= 4 is 28.9 Å². The highest BCUT2D eigenvalue weighted by Crippen LogP contribution is 2.29. The highest BCUT2D eigenvalue weighted by atomic mass is 35.5. The molecule has 6 heteroatoms. The topological polar surface area (TPSA) is 78.6 Å². The van der Waals surface area contributed by atoms with Gasteiger partial charge in [0.1, 0.15) is 0 Å². The first-order valence-electron chi connectivity index (χ1n) is 6.78. The Labute approximate surface area is 124 Å². The molecule has 0 radical (unpaired) electrons. The van der Waals surface area contributed by atoms with Gasteiger partial charge in [0.2, 0.25) is 0 Å². The number of nitrogens with two attached hydrogens (primary N) is 1. The lowest BCUT2D eigenvalue weighted by Gasteiger charge is -2.20. The Balaban J connectivity index is 2.74. The molecule has 0 aromatic heterocycles. The van der Waals surface area contributed by atoms with Gasteiger partial charge in [-0.05, 0) is 31.6 Å². The second kappa shape index (κ2) is 7.97.